The Kier molecular flexibility index (Phi) is 5.97. The summed E-state index contributed by atoms with van der Waals surface area (Å²) in [7, 11) is 3.13. The second-order valence-corrected chi connectivity index (χ2v) is 7.65. The number of carbonyl (C=O) groups is 1. The van der Waals surface area contributed by atoms with Crippen LogP contribution in [0, 0.1) is 13.8 Å². The SMILES string of the molecule is COc1ccc(OC)c(/C(C)=N\NC(=O)Cc2nc3sc(C)c(C)c3c(=O)[nH]2)c1. The third-order valence-electron chi connectivity index (χ3n) is 4.56. The first-order valence-electron chi connectivity index (χ1n) is 8.88. The Morgan fingerprint density at radius 2 is 2.03 bits per heavy atom. The van der Waals surface area contributed by atoms with Crippen molar-refractivity contribution >= 4 is 33.2 Å². The first-order valence-corrected chi connectivity index (χ1v) is 9.70. The Bertz CT molecular complexity index is 1160. The van der Waals surface area contributed by atoms with Crippen LogP contribution >= 0.6 is 11.3 Å². The molecule has 0 radical (unpaired) electrons. The summed E-state index contributed by atoms with van der Waals surface area (Å²) in [6, 6.07) is 5.32. The molecule has 0 bridgehead atoms. The lowest BCUT2D eigenvalue weighted by atomic mass is 10.1. The number of methoxy groups -OCH3 is 2. The van der Waals surface area contributed by atoms with Gasteiger partial charge in [0.1, 0.15) is 22.2 Å². The van der Waals surface area contributed by atoms with Crippen LogP contribution in [0.2, 0.25) is 0 Å². The average Bonchev–Trinajstić information content (AvgIpc) is 2.99. The first kappa shape index (κ1) is 20.5. The smallest absolute Gasteiger partial charge is 0.259 e. The fourth-order valence-corrected chi connectivity index (χ4v) is 3.93. The number of benzene rings is 1. The van der Waals surface area contributed by atoms with Gasteiger partial charge in [-0.15, -0.1) is 11.3 Å². The lowest BCUT2D eigenvalue weighted by Crippen LogP contribution is -2.24. The molecule has 152 valence electrons. The summed E-state index contributed by atoms with van der Waals surface area (Å²) in [5.41, 5.74) is 4.43. The normalized spacial score (nSPS) is 11.6. The van der Waals surface area contributed by atoms with E-state index in [0.29, 0.717) is 38.8 Å². The average molecular weight is 414 g/mol. The summed E-state index contributed by atoms with van der Waals surface area (Å²) in [5.74, 6) is 1.17. The molecule has 0 saturated carbocycles. The molecule has 3 aromatic rings. The van der Waals surface area contributed by atoms with Crippen molar-refractivity contribution < 1.29 is 14.3 Å². The molecule has 3 rings (SSSR count). The van der Waals surface area contributed by atoms with Gasteiger partial charge in [-0.1, -0.05) is 0 Å². The van der Waals surface area contributed by atoms with Gasteiger partial charge in [-0.2, -0.15) is 5.10 Å². The van der Waals surface area contributed by atoms with E-state index in [1.165, 1.54) is 11.3 Å². The van der Waals surface area contributed by atoms with Crippen molar-refractivity contribution in [3.8, 4) is 11.5 Å². The Labute approximate surface area is 171 Å². The van der Waals surface area contributed by atoms with E-state index in [0.717, 1.165) is 10.4 Å². The highest BCUT2D eigenvalue weighted by Crippen LogP contribution is 2.26. The highest BCUT2D eigenvalue weighted by molar-refractivity contribution is 7.18. The fraction of sp³-hybridized carbons (Fsp3) is 0.300. The molecule has 2 aromatic heterocycles. The third-order valence-corrected chi connectivity index (χ3v) is 5.66. The van der Waals surface area contributed by atoms with Crippen LogP contribution in [0.25, 0.3) is 10.2 Å². The summed E-state index contributed by atoms with van der Waals surface area (Å²) in [4.78, 5) is 33.4. The number of rotatable bonds is 6. The van der Waals surface area contributed by atoms with Crippen molar-refractivity contribution in [1.82, 2.24) is 15.4 Å². The van der Waals surface area contributed by atoms with Crippen molar-refractivity contribution in [3.05, 3.63) is 50.4 Å². The van der Waals surface area contributed by atoms with Crippen LogP contribution in [0.1, 0.15) is 28.8 Å². The molecule has 29 heavy (non-hydrogen) atoms. The molecular weight excluding hydrogens is 392 g/mol. The molecule has 0 atom stereocenters. The zero-order valence-electron chi connectivity index (χ0n) is 16.9. The van der Waals surface area contributed by atoms with Gasteiger partial charge in [0.25, 0.3) is 5.56 Å². The van der Waals surface area contributed by atoms with Gasteiger partial charge in [0, 0.05) is 10.4 Å². The molecule has 0 fully saturated rings. The van der Waals surface area contributed by atoms with Crippen LogP contribution in [0.4, 0.5) is 0 Å². The minimum atomic E-state index is -0.390. The quantitative estimate of drug-likeness (QED) is 0.477. The molecule has 0 saturated heterocycles. The van der Waals surface area contributed by atoms with Crippen molar-refractivity contribution in [2.75, 3.05) is 14.2 Å². The number of hydrazone groups is 1. The largest absolute Gasteiger partial charge is 0.497 e. The van der Waals surface area contributed by atoms with Crippen LogP contribution in [-0.2, 0) is 11.2 Å². The van der Waals surface area contributed by atoms with Crippen molar-refractivity contribution in [2.24, 2.45) is 5.10 Å². The lowest BCUT2D eigenvalue weighted by Gasteiger charge is -2.10. The maximum atomic E-state index is 12.3. The molecule has 9 heteroatoms. The zero-order chi connectivity index (χ0) is 21.1. The lowest BCUT2D eigenvalue weighted by molar-refractivity contribution is -0.120. The number of hydrogen-bond acceptors (Lipinski definition) is 7. The Morgan fingerprint density at radius 3 is 2.72 bits per heavy atom. The molecule has 1 amide bonds. The second-order valence-electron chi connectivity index (χ2n) is 6.45. The number of amides is 1. The van der Waals surface area contributed by atoms with Gasteiger partial charge in [0.15, 0.2) is 0 Å². The third kappa shape index (κ3) is 4.29. The first-order chi connectivity index (χ1) is 13.8. The number of carbonyl (C=O) groups excluding carboxylic acids is 1. The van der Waals surface area contributed by atoms with E-state index in [9.17, 15) is 9.59 Å². The van der Waals surface area contributed by atoms with Gasteiger partial charge in [0.2, 0.25) is 5.91 Å². The summed E-state index contributed by atoms with van der Waals surface area (Å²) < 4.78 is 10.6. The zero-order valence-corrected chi connectivity index (χ0v) is 17.7. The highest BCUT2D eigenvalue weighted by Gasteiger charge is 2.14. The van der Waals surface area contributed by atoms with Gasteiger partial charge >= 0.3 is 0 Å². The Hall–Kier alpha value is -3.20. The maximum Gasteiger partial charge on any atom is 0.259 e. The molecular formula is C20H22N4O4S. The Morgan fingerprint density at radius 1 is 1.28 bits per heavy atom. The minimum absolute atomic E-state index is 0.0901. The standard InChI is InChI=1S/C20H22N4O4S/c1-10-12(3)29-20-18(10)19(26)21-16(22-20)9-17(25)24-23-11(2)14-8-13(27-4)6-7-15(14)28-5/h6-8H,9H2,1-5H3,(H,24,25)(H,21,22,26)/b23-11-. The van der Waals surface area contributed by atoms with Gasteiger partial charge in [-0.05, 0) is 44.5 Å². The highest BCUT2D eigenvalue weighted by atomic mass is 32.1. The predicted molar refractivity (Wildman–Crippen MR) is 113 cm³/mol. The van der Waals surface area contributed by atoms with Gasteiger partial charge in [-0.25, -0.2) is 10.4 Å². The number of nitrogens with one attached hydrogen (secondary N) is 2. The molecule has 0 aliphatic carbocycles. The fourth-order valence-electron chi connectivity index (χ4n) is 2.88. The summed E-state index contributed by atoms with van der Waals surface area (Å²) >= 11 is 1.44. The van der Waals surface area contributed by atoms with Crippen LogP contribution in [0.5, 0.6) is 11.5 Å². The van der Waals surface area contributed by atoms with E-state index in [2.05, 4.69) is 20.5 Å². The maximum absolute atomic E-state index is 12.3. The summed E-state index contributed by atoms with van der Waals surface area (Å²) in [5, 5.41) is 4.72. The number of nitrogens with zero attached hydrogens (tertiary/aromatic N) is 2. The monoisotopic (exact) mass is 414 g/mol. The van der Waals surface area contributed by atoms with Crippen LogP contribution < -0.4 is 20.5 Å². The van der Waals surface area contributed by atoms with Gasteiger partial charge in [-0.3, -0.25) is 9.59 Å². The van der Waals surface area contributed by atoms with Crippen molar-refractivity contribution in [3.63, 3.8) is 0 Å². The summed E-state index contributed by atoms with van der Waals surface area (Å²) in [6.45, 7) is 5.58. The number of H-pyrrole nitrogens is 1. The van der Waals surface area contributed by atoms with Crippen molar-refractivity contribution in [2.45, 2.75) is 27.2 Å². The molecule has 0 spiro atoms. The van der Waals surface area contributed by atoms with E-state index in [1.54, 1.807) is 39.3 Å². The molecule has 2 N–H and O–H groups in total. The van der Waals surface area contributed by atoms with E-state index in [4.69, 9.17) is 9.47 Å². The number of hydrogen-bond donors (Lipinski definition) is 2. The molecule has 0 unspecified atom stereocenters. The van der Waals surface area contributed by atoms with Crippen LogP contribution in [0.3, 0.4) is 0 Å². The van der Waals surface area contributed by atoms with Crippen molar-refractivity contribution in [1.29, 1.82) is 0 Å². The Balaban J connectivity index is 1.78. The molecule has 8 nitrogen and oxygen atoms in total. The molecule has 1 aromatic carbocycles. The van der Waals surface area contributed by atoms with Crippen LogP contribution in [-0.4, -0.2) is 35.8 Å². The van der Waals surface area contributed by atoms with E-state index in [1.807, 2.05) is 13.8 Å². The van der Waals surface area contributed by atoms with E-state index in [-0.39, 0.29) is 12.0 Å². The second kappa shape index (κ2) is 8.44. The number of aryl methyl sites for hydroxylation is 2. The molecule has 2 heterocycles. The topological polar surface area (TPSA) is 106 Å². The van der Waals surface area contributed by atoms with Gasteiger partial charge in [0.05, 0.1) is 31.7 Å². The molecule has 0 aliphatic heterocycles. The summed E-state index contributed by atoms with van der Waals surface area (Å²) in [6.07, 6.45) is -0.0901. The number of fused-ring (bicyclic) bond motifs is 1. The van der Waals surface area contributed by atoms with E-state index < -0.39 is 5.91 Å². The van der Waals surface area contributed by atoms with Gasteiger partial charge < -0.3 is 14.5 Å². The van der Waals surface area contributed by atoms with E-state index >= 15 is 0 Å². The van der Waals surface area contributed by atoms with Crippen LogP contribution in [0.15, 0.2) is 28.1 Å². The minimum Gasteiger partial charge on any atom is -0.497 e. The number of aromatic amines is 1. The number of thiophene rings is 1. The number of ether oxygens (including phenoxy) is 2. The molecule has 0 aliphatic rings. The predicted octanol–water partition coefficient (Wildman–Crippen LogP) is 2.70. The number of aromatic nitrogens is 2.